The average Bonchev–Trinajstić information content (AvgIpc) is 3.21. The summed E-state index contributed by atoms with van der Waals surface area (Å²) in [5.41, 5.74) is 0.994. The van der Waals surface area contributed by atoms with Crippen molar-refractivity contribution in [3.8, 4) is 5.75 Å². The normalized spacial score (nSPS) is 21.6. The molecule has 0 aromatic heterocycles. The van der Waals surface area contributed by atoms with E-state index in [4.69, 9.17) is 27.4 Å². The van der Waals surface area contributed by atoms with Gasteiger partial charge >= 0.3 is 10.1 Å². The molecule has 5 rings (SSSR count). The molecule has 14 heteroatoms. The van der Waals surface area contributed by atoms with Crippen LogP contribution in [0.3, 0.4) is 0 Å². The molecule has 0 radical (unpaired) electrons. The molecule has 1 saturated heterocycles. The van der Waals surface area contributed by atoms with Crippen molar-refractivity contribution in [3.63, 3.8) is 0 Å². The van der Waals surface area contributed by atoms with E-state index in [1.807, 2.05) is 6.92 Å². The third-order valence-electron chi connectivity index (χ3n) is 7.52. The van der Waals surface area contributed by atoms with Crippen LogP contribution in [0.1, 0.15) is 39.1 Å². The van der Waals surface area contributed by atoms with E-state index >= 15 is 0 Å². The molecule has 0 N–H and O–H groups in total. The second-order valence-electron chi connectivity index (χ2n) is 10.5. The number of halogens is 4. The van der Waals surface area contributed by atoms with Crippen LogP contribution in [0.2, 0.25) is 10.0 Å². The van der Waals surface area contributed by atoms with E-state index in [-0.39, 0.29) is 41.5 Å². The number of rotatable bonds is 8. The fourth-order valence-corrected chi connectivity index (χ4v) is 7.60. The van der Waals surface area contributed by atoms with Crippen molar-refractivity contribution in [2.24, 2.45) is 11.8 Å². The van der Waals surface area contributed by atoms with Gasteiger partial charge in [0, 0.05) is 20.8 Å². The molecule has 2 aliphatic rings. The molecule has 9 nitrogen and oxygen atoms in total. The lowest BCUT2D eigenvalue weighted by Crippen LogP contribution is -2.52. The summed E-state index contributed by atoms with van der Waals surface area (Å²) in [4.78, 5) is 54.3. The molecule has 0 spiro atoms. The molecule has 1 heterocycles. The maximum Gasteiger partial charge on any atom is 0.339 e. The Morgan fingerprint density at radius 1 is 0.864 bits per heavy atom. The monoisotopic (exact) mass is 784 g/mol. The number of imide groups is 1. The second kappa shape index (κ2) is 12.9. The molecule has 3 amide bonds. The van der Waals surface area contributed by atoms with Gasteiger partial charge in [-0.1, -0.05) is 72.8 Å². The maximum absolute atomic E-state index is 13.8. The Hall–Kier alpha value is -2.77. The van der Waals surface area contributed by atoms with Crippen molar-refractivity contribution in [2.45, 2.75) is 34.3 Å². The van der Waals surface area contributed by atoms with Crippen molar-refractivity contribution >= 4 is 88.7 Å². The molecule has 0 unspecified atom stereocenters. The number of carbonyl (C=O) groups is 4. The lowest BCUT2D eigenvalue weighted by Gasteiger charge is -2.30. The Kier molecular flexibility index (Phi) is 9.58. The Balaban J connectivity index is 1.41. The van der Waals surface area contributed by atoms with E-state index in [1.165, 1.54) is 54.6 Å². The summed E-state index contributed by atoms with van der Waals surface area (Å²) < 4.78 is 30.5. The number of nitrogens with zero attached hydrogens (tertiary/aromatic N) is 2. The van der Waals surface area contributed by atoms with Crippen molar-refractivity contribution in [1.29, 1.82) is 0 Å². The first kappa shape index (κ1) is 32.6. The van der Waals surface area contributed by atoms with Crippen molar-refractivity contribution < 1.29 is 31.8 Å². The van der Waals surface area contributed by atoms with Crippen LogP contribution in [-0.2, 0) is 19.7 Å². The molecular weight excluding hydrogens is 763 g/mol. The Labute approximate surface area is 280 Å². The van der Waals surface area contributed by atoms with E-state index in [1.54, 1.807) is 12.1 Å². The molecule has 1 aliphatic heterocycles. The Bertz CT molecular complexity index is 1730. The second-order valence-corrected chi connectivity index (χ2v) is 15.2. The van der Waals surface area contributed by atoms with E-state index in [0.717, 1.165) is 15.6 Å². The van der Waals surface area contributed by atoms with Crippen LogP contribution in [0.25, 0.3) is 0 Å². The number of carbonyl (C=O) groups excluding carboxylic acids is 4. The number of alkyl halides is 2. The number of hydrogen-bond acceptors (Lipinski definition) is 7. The first-order valence-electron chi connectivity index (χ1n) is 13.3. The molecule has 4 atom stereocenters. The predicted octanol–water partition coefficient (Wildman–Crippen LogP) is 6.23. The zero-order valence-corrected chi connectivity index (χ0v) is 28.5. The summed E-state index contributed by atoms with van der Waals surface area (Å²) in [5, 5.41) is 1.89. The predicted molar refractivity (Wildman–Crippen MR) is 171 cm³/mol. The summed E-state index contributed by atoms with van der Waals surface area (Å²) in [6, 6.07) is 15.5. The Morgan fingerprint density at radius 2 is 1.41 bits per heavy atom. The summed E-state index contributed by atoms with van der Waals surface area (Å²) >= 11 is 19.3. The number of Topliss-reactive ketones (excluding diaryl/α,β-unsaturated/α-hetero) is 1. The fraction of sp³-hybridized carbons (Fsp3) is 0.267. The smallest absolute Gasteiger partial charge is 0.339 e. The van der Waals surface area contributed by atoms with Crippen molar-refractivity contribution in [1.82, 2.24) is 10.0 Å². The van der Waals surface area contributed by atoms with Crippen LogP contribution in [0.4, 0.5) is 0 Å². The minimum Gasteiger partial charge on any atom is -0.379 e. The van der Waals surface area contributed by atoms with Gasteiger partial charge in [-0.05, 0) is 74.4 Å². The largest absolute Gasteiger partial charge is 0.379 e. The van der Waals surface area contributed by atoms with Gasteiger partial charge < -0.3 is 4.18 Å². The van der Waals surface area contributed by atoms with Gasteiger partial charge in [0.1, 0.15) is 17.2 Å². The topological polar surface area (TPSA) is 118 Å². The van der Waals surface area contributed by atoms with Crippen molar-refractivity contribution in [2.75, 3.05) is 6.54 Å². The number of amides is 3. The van der Waals surface area contributed by atoms with Crippen molar-refractivity contribution in [3.05, 3.63) is 93.5 Å². The SMILES string of the molecule is Cc1ccc(S(=O)(=O)Oc2ccc(C(=O)CN(C(=O)c3ccc(Cl)c(Cl)c3)N3C(=O)[C@@H]4C[C@@H](Br)[C@@H](Br)C[C@H]4C3=O)cc2)cc1. The molecular formula is C30H24Br2Cl2N2O7S. The number of benzene rings is 3. The summed E-state index contributed by atoms with van der Waals surface area (Å²) in [6.45, 7) is 1.17. The third-order valence-corrected chi connectivity index (χ3v) is 12.2. The van der Waals surface area contributed by atoms with Gasteiger partial charge in [-0.3, -0.25) is 19.2 Å². The lowest BCUT2D eigenvalue weighted by molar-refractivity contribution is -0.154. The van der Waals surface area contributed by atoms with Gasteiger partial charge in [-0.2, -0.15) is 13.4 Å². The summed E-state index contributed by atoms with van der Waals surface area (Å²) in [6.07, 6.45) is 0.745. The molecule has 3 aromatic rings. The van der Waals surface area contributed by atoms with Crippen LogP contribution in [0.5, 0.6) is 5.75 Å². The van der Waals surface area contributed by atoms with E-state index < -0.39 is 52.0 Å². The first-order valence-corrected chi connectivity index (χ1v) is 17.3. The molecule has 230 valence electrons. The molecule has 44 heavy (non-hydrogen) atoms. The highest BCUT2D eigenvalue weighted by atomic mass is 79.9. The highest BCUT2D eigenvalue weighted by Gasteiger charge is 2.54. The lowest BCUT2D eigenvalue weighted by atomic mass is 9.81. The van der Waals surface area contributed by atoms with Gasteiger partial charge in [0.25, 0.3) is 17.7 Å². The quantitative estimate of drug-likeness (QED) is 0.115. The highest BCUT2D eigenvalue weighted by Crippen LogP contribution is 2.44. The van der Waals surface area contributed by atoms with Gasteiger partial charge in [0.15, 0.2) is 5.78 Å². The molecule has 3 aromatic carbocycles. The number of hydrazine groups is 1. The number of ketones is 1. The molecule has 2 fully saturated rings. The highest BCUT2D eigenvalue weighted by molar-refractivity contribution is 9.12. The number of hydrogen-bond donors (Lipinski definition) is 0. The van der Waals surface area contributed by atoms with Crippen LogP contribution >= 0.6 is 55.1 Å². The summed E-state index contributed by atoms with van der Waals surface area (Å²) in [5.74, 6) is -3.91. The van der Waals surface area contributed by atoms with E-state index in [2.05, 4.69) is 31.9 Å². The maximum atomic E-state index is 13.8. The van der Waals surface area contributed by atoms with Crippen LogP contribution in [0, 0.1) is 18.8 Å². The van der Waals surface area contributed by atoms with Crippen LogP contribution in [0.15, 0.2) is 71.6 Å². The molecule has 1 aliphatic carbocycles. The molecule has 1 saturated carbocycles. The van der Waals surface area contributed by atoms with Crippen LogP contribution in [-0.4, -0.2) is 58.1 Å². The minimum atomic E-state index is -4.12. The molecule has 0 bridgehead atoms. The zero-order valence-electron chi connectivity index (χ0n) is 23.0. The Morgan fingerprint density at radius 3 is 1.95 bits per heavy atom. The van der Waals surface area contributed by atoms with Gasteiger partial charge in [-0.15, -0.1) is 0 Å². The standard InChI is InChI=1S/C30H24Br2Cl2N2O7S/c1-16-2-9-20(10-3-16)44(41,42)43-19-7-4-17(5-8-19)27(37)15-35(28(38)18-6-11-25(33)26(34)12-18)36-29(39)21-13-23(31)24(32)14-22(21)30(36)40/h2-12,21-24H,13-15H2,1H3/t21-,22-,23-,24+/m1/s1. The van der Waals surface area contributed by atoms with Gasteiger partial charge in [-0.25, -0.2) is 5.01 Å². The summed E-state index contributed by atoms with van der Waals surface area (Å²) in [7, 11) is -4.12. The minimum absolute atomic E-state index is 0.0180. The fourth-order valence-electron chi connectivity index (χ4n) is 5.13. The van der Waals surface area contributed by atoms with Crippen LogP contribution < -0.4 is 4.18 Å². The number of aryl methyl sites for hydroxylation is 1. The first-order chi connectivity index (χ1) is 20.8. The van der Waals surface area contributed by atoms with E-state index in [0.29, 0.717) is 12.8 Å². The third kappa shape index (κ3) is 6.60. The van der Waals surface area contributed by atoms with E-state index in [9.17, 15) is 27.6 Å². The zero-order chi connectivity index (χ0) is 31.9. The average molecular weight is 787 g/mol. The van der Waals surface area contributed by atoms with Gasteiger partial charge in [0.05, 0.1) is 21.9 Å². The van der Waals surface area contributed by atoms with Gasteiger partial charge in [0.2, 0.25) is 0 Å². The number of fused-ring (bicyclic) bond motifs is 1.